The molecule has 0 spiro atoms. The molecule has 0 saturated heterocycles. The van der Waals surface area contributed by atoms with Gasteiger partial charge in [0.15, 0.2) is 0 Å². The zero-order valence-electron chi connectivity index (χ0n) is 10.3. The predicted octanol–water partition coefficient (Wildman–Crippen LogP) is 0.392. The summed E-state index contributed by atoms with van der Waals surface area (Å²) in [7, 11) is 1.54. The summed E-state index contributed by atoms with van der Waals surface area (Å²) in [4.78, 5) is 23.5. The lowest BCUT2D eigenvalue weighted by molar-refractivity contribution is 0.0945. The molecule has 0 aliphatic carbocycles. The molecule has 1 amide bonds. The van der Waals surface area contributed by atoms with Gasteiger partial charge in [0, 0.05) is 18.8 Å². The third-order valence-corrected chi connectivity index (χ3v) is 2.35. The number of aromatic nitrogens is 3. The highest BCUT2D eigenvalue weighted by atomic mass is 16.5. The van der Waals surface area contributed by atoms with Gasteiger partial charge in [-0.05, 0) is 5.56 Å². The molecule has 0 atom stereocenters. The molecule has 2 aromatic rings. The molecule has 98 valence electrons. The minimum Gasteiger partial charge on any atom is -0.481 e. The quantitative estimate of drug-likeness (QED) is 0.823. The molecule has 7 nitrogen and oxygen atoms in total. The molecule has 0 aliphatic heterocycles. The van der Waals surface area contributed by atoms with Crippen LogP contribution in [0, 0.1) is 0 Å². The van der Waals surface area contributed by atoms with Gasteiger partial charge in [-0.25, -0.2) is 9.97 Å². The van der Waals surface area contributed by atoms with E-state index in [-0.39, 0.29) is 17.4 Å². The van der Waals surface area contributed by atoms with E-state index in [1.54, 1.807) is 19.4 Å². The number of hydrogen-bond acceptors (Lipinski definition) is 6. The number of nitrogen functional groups attached to an aromatic ring is 1. The van der Waals surface area contributed by atoms with Crippen LogP contribution in [0.3, 0.4) is 0 Å². The molecule has 0 unspecified atom stereocenters. The van der Waals surface area contributed by atoms with Crippen molar-refractivity contribution in [1.82, 2.24) is 20.3 Å². The SMILES string of the molecule is COc1ccc(CNC(=O)c2cncc(N)n2)cn1. The van der Waals surface area contributed by atoms with Crippen molar-refractivity contribution >= 4 is 11.7 Å². The van der Waals surface area contributed by atoms with Gasteiger partial charge in [0.25, 0.3) is 5.91 Å². The maximum Gasteiger partial charge on any atom is 0.271 e. The Labute approximate surface area is 109 Å². The second kappa shape index (κ2) is 5.76. The summed E-state index contributed by atoms with van der Waals surface area (Å²) in [5, 5.41) is 2.70. The smallest absolute Gasteiger partial charge is 0.271 e. The number of nitrogens with zero attached hydrogens (tertiary/aromatic N) is 3. The maximum absolute atomic E-state index is 11.8. The Hall–Kier alpha value is -2.70. The van der Waals surface area contributed by atoms with E-state index in [0.29, 0.717) is 12.4 Å². The fraction of sp³-hybridized carbons (Fsp3) is 0.167. The van der Waals surface area contributed by atoms with E-state index >= 15 is 0 Å². The standard InChI is InChI=1S/C12H13N5O2/c1-19-11-3-2-8(4-15-11)5-16-12(18)9-6-14-7-10(13)17-9/h2-4,6-7H,5H2,1H3,(H2,13,17)(H,16,18). The van der Waals surface area contributed by atoms with Crippen molar-refractivity contribution in [3.8, 4) is 5.88 Å². The highest BCUT2D eigenvalue weighted by Crippen LogP contribution is 2.06. The van der Waals surface area contributed by atoms with Crippen LogP contribution in [-0.4, -0.2) is 28.0 Å². The van der Waals surface area contributed by atoms with Crippen molar-refractivity contribution in [2.45, 2.75) is 6.54 Å². The number of ether oxygens (including phenoxy) is 1. The Morgan fingerprint density at radius 3 is 2.84 bits per heavy atom. The number of carbonyl (C=O) groups excluding carboxylic acids is 1. The average molecular weight is 259 g/mol. The predicted molar refractivity (Wildman–Crippen MR) is 68.4 cm³/mol. The van der Waals surface area contributed by atoms with Crippen molar-refractivity contribution < 1.29 is 9.53 Å². The molecular weight excluding hydrogens is 246 g/mol. The first-order chi connectivity index (χ1) is 9.19. The van der Waals surface area contributed by atoms with Gasteiger partial charge in [0.2, 0.25) is 5.88 Å². The second-order valence-corrected chi connectivity index (χ2v) is 3.72. The number of nitrogens with two attached hydrogens (primary N) is 1. The number of carbonyl (C=O) groups is 1. The molecular formula is C12H13N5O2. The van der Waals surface area contributed by atoms with Crippen LogP contribution in [0.15, 0.2) is 30.7 Å². The lowest BCUT2D eigenvalue weighted by Gasteiger charge is -2.05. The van der Waals surface area contributed by atoms with Crippen LogP contribution in [0.4, 0.5) is 5.82 Å². The first kappa shape index (κ1) is 12.7. The molecule has 3 N–H and O–H groups in total. The summed E-state index contributed by atoms with van der Waals surface area (Å²) in [6.07, 6.45) is 4.37. The monoisotopic (exact) mass is 259 g/mol. The Bertz CT molecular complexity index is 571. The van der Waals surface area contributed by atoms with E-state index in [0.717, 1.165) is 5.56 Å². The Morgan fingerprint density at radius 2 is 2.21 bits per heavy atom. The van der Waals surface area contributed by atoms with Gasteiger partial charge in [-0.1, -0.05) is 6.07 Å². The van der Waals surface area contributed by atoms with Crippen LogP contribution in [0.2, 0.25) is 0 Å². The minimum atomic E-state index is -0.337. The van der Waals surface area contributed by atoms with Crippen LogP contribution >= 0.6 is 0 Å². The largest absolute Gasteiger partial charge is 0.481 e. The third kappa shape index (κ3) is 3.38. The van der Waals surface area contributed by atoms with Crippen LogP contribution < -0.4 is 15.8 Å². The summed E-state index contributed by atoms with van der Waals surface area (Å²) >= 11 is 0. The third-order valence-electron chi connectivity index (χ3n) is 2.35. The van der Waals surface area contributed by atoms with Gasteiger partial charge in [-0.3, -0.25) is 9.78 Å². The fourth-order valence-electron chi connectivity index (χ4n) is 1.40. The van der Waals surface area contributed by atoms with E-state index in [2.05, 4.69) is 20.3 Å². The molecule has 0 aliphatic rings. The number of anilines is 1. The minimum absolute atomic E-state index is 0.182. The Kier molecular flexibility index (Phi) is 3.87. The van der Waals surface area contributed by atoms with Crippen molar-refractivity contribution in [3.05, 3.63) is 42.0 Å². The van der Waals surface area contributed by atoms with Crippen molar-refractivity contribution in [3.63, 3.8) is 0 Å². The van der Waals surface area contributed by atoms with Gasteiger partial charge in [0.1, 0.15) is 11.5 Å². The summed E-state index contributed by atoms with van der Waals surface area (Å²) in [6.45, 7) is 0.340. The first-order valence-electron chi connectivity index (χ1n) is 5.53. The van der Waals surface area contributed by atoms with Gasteiger partial charge in [-0.2, -0.15) is 0 Å². The van der Waals surface area contributed by atoms with Crippen LogP contribution in [0.5, 0.6) is 5.88 Å². The molecule has 2 rings (SSSR count). The van der Waals surface area contributed by atoms with Crippen LogP contribution in [-0.2, 0) is 6.54 Å². The average Bonchev–Trinajstić information content (AvgIpc) is 2.45. The normalized spacial score (nSPS) is 9.95. The maximum atomic E-state index is 11.8. The number of nitrogens with one attached hydrogen (secondary N) is 1. The molecule has 2 aromatic heterocycles. The first-order valence-corrected chi connectivity index (χ1v) is 5.53. The number of methoxy groups -OCH3 is 1. The van der Waals surface area contributed by atoms with E-state index < -0.39 is 0 Å². The molecule has 2 heterocycles. The molecule has 0 radical (unpaired) electrons. The summed E-state index contributed by atoms with van der Waals surface area (Å²) in [6, 6.07) is 3.54. The number of hydrogen-bond donors (Lipinski definition) is 2. The van der Waals surface area contributed by atoms with Gasteiger partial charge in [-0.15, -0.1) is 0 Å². The fourth-order valence-corrected chi connectivity index (χ4v) is 1.40. The Morgan fingerprint density at radius 1 is 1.37 bits per heavy atom. The van der Waals surface area contributed by atoms with Gasteiger partial charge >= 0.3 is 0 Å². The summed E-state index contributed by atoms with van der Waals surface area (Å²) in [5.41, 5.74) is 6.49. The van der Waals surface area contributed by atoms with Crippen LogP contribution in [0.1, 0.15) is 16.1 Å². The zero-order chi connectivity index (χ0) is 13.7. The lowest BCUT2D eigenvalue weighted by atomic mass is 10.3. The molecule has 0 aromatic carbocycles. The van der Waals surface area contributed by atoms with Crippen molar-refractivity contribution in [2.24, 2.45) is 0 Å². The van der Waals surface area contributed by atoms with Crippen LogP contribution in [0.25, 0.3) is 0 Å². The zero-order valence-corrected chi connectivity index (χ0v) is 10.3. The van der Waals surface area contributed by atoms with E-state index in [9.17, 15) is 4.79 Å². The highest BCUT2D eigenvalue weighted by molar-refractivity contribution is 5.92. The molecule has 0 saturated carbocycles. The van der Waals surface area contributed by atoms with Crippen molar-refractivity contribution in [2.75, 3.05) is 12.8 Å². The summed E-state index contributed by atoms with van der Waals surface area (Å²) < 4.78 is 4.95. The van der Waals surface area contributed by atoms with E-state index in [4.69, 9.17) is 10.5 Å². The second-order valence-electron chi connectivity index (χ2n) is 3.72. The van der Waals surface area contributed by atoms with E-state index in [1.807, 2.05) is 6.07 Å². The topological polar surface area (TPSA) is 103 Å². The summed E-state index contributed by atoms with van der Waals surface area (Å²) in [5.74, 6) is 0.395. The highest BCUT2D eigenvalue weighted by Gasteiger charge is 2.07. The number of rotatable bonds is 4. The van der Waals surface area contributed by atoms with Gasteiger partial charge < -0.3 is 15.8 Å². The molecule has 0 bridgehead atoms. The lowest BCUT2D eigenvalue weighted by Crippen LogP contribution is -2.24. The molecule has 0 fully saturated rings. The number of pyridine rings is 1. The number of amides is 1. The Balaban J connectivity index is 1.96. The van der Waals surface area contributed by atoms with Gasteiger partial charge in [0.05, 0.1) is 19.5 Å². The van der Waals surface area contributed by atoms with E-state index in [1.165, 1.54) is 12.4 Å². The van der Waals surface area contributed by atoms with Crippen molar-refractivity contribution in [1.29, 1.82) is 0 Å². The molecule has 19 heavy (non-hydrogen) atoms. The molecule has 7 heteroatoms.